The van der Waals surface area contributed by atoms with Crippen LogP contribution in [-0.4, -0.2) is 47.8 Å². The van der Waals surface area contributed by atoms with E-state index in [0.29, 0.717) is 12.5 Å². The molecule has 2 N–H and O–H groups in total. The Morgan fingerprint density at radius 2 is 2.11 bits per heavy atom. The van der Waals surface area contributed by atoms with E-state index in [2.05, 4.69) is 17.1 Å². The number of aliphatic hydroxyl groups is 1. The highest BCUT2D eigenvalue weighted by molar-refractivity contribution is 5.05. The summed E-state index contributed by atoms with van der Waals surface area (Å²) in [6.07, 6.45) is 8.02. The fourth-order valence-electron chi connectivity index (χ4n) is 4.16. The zero-order chi connectivity index (χ0) is 12.6. The molecule has 1 saturated heterocycles. The molecule has 0 radical (unpaired) electrons. The average Bonchev–Trinajstić information content (AvgIpc) is 3.06. The summed E-state index contributed by atoms with van der Waals surface area (Å²) in [6, 6.07) is 0.822. The molecule has 3 rings (SSSR count). The average molecular weight is 252 g/mol. The maximum Gasteiger partial charge on any atom is 0.0628 e. The largest absolute Gasteiger partial charge is 0.394 e. The van der Waals surface area contributed by atoms with Crippen LogP contribution in [0.2, 0.25) is 0 Å². The van der Waals surface area contributed by atoms with Crippen LogP contribution >= 0.6 is 0 Å². The van der Waals surface area contributed by atoms with Crippen LogP contribution in [0.15, 0.2) is 0 Å². The molecule has 0 aromatic carbocycles. The first kappa shape index (κ1) is 12.9. The van der Waals surface area contributed by atoms with Crippen LogP contribution in [0.5, 0.6) is 0 Å². The number of fused-ring (bicyclic) bond motifs is 2. The monoisotopic (exact) mass is 252 g/mol. The zero-order valence-corrected chi connectivity index (χ0v) is 11.7. The van der Waals surface area contributed by atoms with E-state index < -0.39 is 0 Å². The number of hydrogen-bond acceptors (Lipinski definition) is 3. The van der Waals surface area contributed by atoms with Crippen LogP contribution in [0, 0.1) is 11.8 Å². The van der Waals surface area contributed by atoms with E-state index in [1.165, 1.54) is 38.6 Å². The van der Waals surface area contributed by atoms with Gasteiger partial charge >= 0.3 is 0 Å². The Balaban J connectivity index is 1.65. The van der Waals surface area contributed by atoms with E-state index in [0.717, 1.165) is 31.5 Å². The molecule has 3 heteroatoms. The van der Waals surface area contributed by atoms with E-state index in [9.17, 15) is 5.11 Å². The van der Waals surface area contributed by atoms with Gasteiger partial charge in [-0.3, -0.25) is 4.90 Å². The summed E-state index contributed by atoms with van der Waals surface area (Å²) in [4.78, 5) is 2.67. The number of nitrogens with zero attached hydrogens (tertiary/aromatic N) is 1. The van der Waals surface area contributed by atoms with Gasteiger partial charge in [0.15, 0.2) is 0 Å². The van der Waals surface area contributed by atoms with Crippen LogP contribution in [-0.2, 0) is 0 Å². The molecular formula is C15H28N2O. The lowest BCUT2D eigenvalue weighted by atomic mass is 9.92. The highest BCUT2D eigenvalue weighted by atomic mass is 16.3. The van der Waals surface area contributed by atoms with Gasteiger partial charge in [0.25, 0.3) is 0 Å². The smallest absolute Gasteiger partial charge is 0.0628 e. The Bertz CT molecular complexity index is 292. The van der Waals surface area contributed by atoms with Crippen molar-refractivity contribution in [3.63, 3.8) is 0 Å². The van der Waals surface area contributed by atoms with Crippen LogP contribution in [0.4, 0.5) is 0 Å². The van der Waals surface area contributed by atoms with Gasteiger partial charge in [-0.1, -0.05) is 6.92 Å². The molecule has 18 heavy (non-hydrogen) atoms. The molecule has 2 saturated carbocycles. The molecule has 1 aliphatic heterocycles. The molecule has 0 spiro atoms. The van der Waals surface area contributed by atoms with Crippen LogP contribution < -0.4 is 5.32 Å². The second-order valence-corrected chi connectivity index (χ2v) is 6.78. The summed E-state index contributed by atoms with van der Waals surface area (Å²) in [5.41, 5.74) is 0.000486. The molecule has 0 aromatic rings. The van der Waals surface area contributed by atoms with Crippen molar-refractivity contribution in [3.8, 4) is 0 Å². The molecule has 3 aliphatic rings. The van der Waals surface area contributed by atoms with Crippen molar-refractivity contribution in [1.82, 2.24) is 10.2 Å². The van der Waals surface area contributed by atoms with Crippen molar-refractivity contribution < 1.29 is 5.11 Å². The summed E-state index contributed by atoms with van der Waals surface area (Å²) in [7, 11) is 0. The van der Waals surface area contributed by atoms with Gasteiger partial charge in [0.1, 0.15) is 0 Å². The molecule has 2 aliphatic carbocycles. The Labute approximate surface area is 111 Å². The van der Waals surface area contributed by atoms with E-state index in [1.807, 2.05) is 0 Å². The molecule has 0 amide bonds. The minimum atomic E-state index is 0.000486. The number of likely N-dealkylation sites (tertiary alicyclic amines) is 1. The van der Waals surface area contributed by atoms with Crippen molar-refractivity contribution in [1.29, 1.82) is 0 Å². The molecule has 2 bridgehead atoms. The summed E-state index contributed by atoms with van der Waals surface area (Å²) in [5.74, 6) is 1.67. The van der Waals surface area contributed by atoms with E-state index >= 15 is 0 Å². The Kier molecular flexibility index (Phi) is 3.65. The second-order valence-electron chi connectivity index (χ2n) is 6.78. The van der Waals surface area contributed by atoms with Gasteiger partial charge in [0.2, 0.25) is 0 Å². The molecule has 3 unspecified atom stereocenters. The van der Waals surface area contributed by atoms with Crippen LogP contribution in [0.3, 0.4) is 0 Å². The maximum atomic E-state index is 9.95. The van der Waals surface area contributed by atoms with E-state index in [1.54, 1.807) is 0 Å². The van der Waals surface area contributed by atoms with Crippen molar-refractivity contribution in [3.05, 3.63) is 0 Å². The van der Waals surface area contributed by atoms with Gasteiger partial charge in [-0.2, -0.15) is 0 Å². The van der Waals surface area contributed by atoms with Crippen molar-refractivity contribution in [2.75, 3.05) is 26.2 Å². The molecule has 0 aromatic heterocycles. The number of nitrogens with one attached hydrogen (secondary N) is 1. The molecular weight excluding hydrogens is 224 g/mol. The molecule has 3 atom stereocenters. The third-order valence-corrected chi connectivity index (χ3v) is 5.38. The van der Waals surface area contributed by atoms with Crippen molar-refractivity contribution >= 4 is 0 Å². The lowest BCUT2D eigenvalue weighted by Gasteiger charge is -2.40. The number of hydrogen-bond donors (Lipinski definition) is 2. The lowest BCUT2D eigenvalue weighted by molar-refractivity contribution is 0.0763. The van der Waals surface area contributed by atoms with Crippen molar-refractivity contribution in [2.45, 2.75) is 57.0 Å². The Morgan fingerprint density at radius 1 is 1.28 bits per heavy atom. The SMILES string of the molecule is CCCNC(CO)(CN1CC2CCC1C2)C1CC1. The van der Waals surface area contributed by atoms with Gasteiger partial charge in [-0.05, 0) is 56.9 Å². The first-order valence-electron chi connectivity index (χ1n) is 7.87. The molecule has 3 nitrogen and oxygen atoms in total. The van der Waals surface area contributed by atoms with E-state index in [-0.39, 0.29) is 5.54 Å². The highest BCUT2D eigenvalue weighted by Crippen LogP contribution is 2.43. The van der Waals surface area contributed by atoms with Crippen LogP contribution in [0.1, 0.15) is 45.4 Å². The number of aliphatic hydroxyl groups excluding tert-OH is 1. The minimum Gasteiger partial charge on any atom is -0.394 e. The van der Waals surface area contributed by atoms with Gasteiger partial charge in [-0.15, -0.1) is 0 Å². The van der Waals surface area contributed by atoms with Crippen LogP contribution in [0.25, 0.3) is 0 Å². The summed E-state index contributed by atoms with van der Waals surface area (Å²) in [6.45, 7) is 5.92. The summed E-state index contributed by atoms with van der Waals surface area (Å²) in [5, 5.41) is 13.6. The fraction of sp³-hybridized carbons (Fsp3) is 1.00. The highest BCUT2D eigenvalue weighted by Gasteiger charge is 2.48. The van der Waals surface area contributed by atoms with Crippen molar-refractivity contribution in [2.24, 2.45) is 11.8 Å². The standard InChI is InChI=1S/C15H28N2O/c1-2-7-16-15(11-18,13-4-5-13)10-17-9-12-3-6-14(17)8-12/h12-14,16,18H,2-11H2,1H3. The Morgan fingerprint density at radius 3 is 2.61 bits per heavy atom. The van der Waals surface area contributed by atoms with Gasteiger partial charge < -0.3 is 10.4 Å². The molecule has 1 heterocycles. The molecule has 3 fully saturated rings. The normalized spacial score (nSPS) is 35.0. The van der Waals surface area contributed by atoms with Gasteiger partial charge in [0.05, 0.1) is 12.1 Å². The third kappa shape index (κ3) is 2.33. The van der Waals surface area contributed by atoms with E-state index in [4.69, 9.17) is 0 Å². The quantitative estimate of drug-likeness (QED) is 0.722. The van der Waals surface area contributed by atoms with Gasteiger partial charge in [-0.25, -0.2) is 0 Å². The minimum absolute atomic E-state index is 0.000486. The third-order valence-electron chi connectivity index (χ3n) is 5.38. The topological polar surface area (TPSA) is 35.5 Å². The first-order valence-corrected chi connectivity index (χ1v) is 7.87. The number of piperidine rings is 1. The summed E-state index contributed by atoms with van der Waals surface area (Å²) >= 11 is 0. The lowest BCUT2D eigenvalue weighted by Crippen LogP contribution is -2.59. The predicted molar refractivity (Wildman–Crippen MR) is 73.5 cm³/mol. The van der Waals surface area contributed by atoms with Gasteiger partial charge in [0, 0.05) is 19.1 Å². The molecule has 104 valence electrons. The zero-order valence-electron chi connectivity index (χ0n) is 11.7. The predicted octanol–water partition coefficient (Wildman–Crippen LogP) is 1.61. The Hall–Kier alpha value is -0.120. The number of rotatable bonds is 7. The first-order chi connectivity index (χ1) is 8.77. The second kappa shape index (κ2) is 5.10. The summed E-state index contributed by atoms with van der Waals surface area (Å²) < 4.78 is 0. The fourth-order valence-corrected chi connectivity index (χ4v) is 4.16. The maximum absolute atomic E-state index is 9.95.